The molecular weight excluding hydrogens is 387 g/mol. The summed E-state index contributed by atoms with van der Waals surface area (Å²) in [6.07, 6.45) is 4.40. The van der Waals surface area contributed by atoms with Crippen LogP contribution >= 0.6 is 11.3 Å². The topological polar surface area (TPSA) is 62.2 Å². The number of fused-ring (bicyclic) bond motifs is 1. The first kappa shape index (κ1) is 18.7. The van der Waals surface area contributed by atoms with Gasteiger partial charge in [-0.25, -0.2) is 14.9 Å². The summed E-state index contributed by atoms with van der Waals surface area (Å²) in [5, 5.41) is 10.7. The van der Waals surface area contributed by atoms with Gasteiger partial charge < -0.3 is 0 Å². The number of hydroxylamine groups is 1. The lowest BCUT2D eigenvalue weighted by Gasteiger charge is -2.29. The van der Waals surface area contributed by atoms with Crippen LogP contribution in [0.5, 0.6) is 0 Å². The van der Waals surface area contributed by atoms with E-state index in [1.807, 2.05) is 11.5 Å². The summed E-state index contributed by atoms with van der Waals surface area (Å²) in [6, 6.07) is 11.2. The number of carbonyl (C=O) groups is 1. The molecule has 0 aliphatic heterocycles. The molecule has 0 saturated heterocycles. The summed E-state index contributed by atoms with van der Waals surface area (Å²) in [6.45, 7) is 1.70. The smallest absolute Gasteiger partial charge is 0.254 e. The van der Waals surface area contributed by atoms with E-state index in [2.05, 4.69) is 18.2 Å². The third-order valence-electron chi connectivity index (χ3n) is 6.66. The van der Waals surface area contributed by atoms with Crippen LogP contribution in [0.3, 0.4) is 0 Å². The number of carbonyl (C=O) groups excluding carboxylic acids is 1. The van der Waals surface area contributed by atoms with E-state index in [4.69, 9.17) is 4.98 Å². The summed E-state index contributed by atoms with van der Waals surface area (Å²) in [7, 11) is 0. The molecule has 1 heterocycles. The van der Waals surface area contributed by atoms with Crippen molar-refractivity contribution in [2.75, 3.05) is 0 Å². The number of benzene rings is 2. The lowest BCUT2D eigenvalue weighted by atomic mass is 9.75. The van der Waals surface area contributed by atoms with Gasteiger partial charge >= 0.3 is 0 Å². The largest absolute Gasteiger partial charge is 0.289 e. The van der Waals surface area contributed by atoms with E-state index in [1.165, 1.54) is 34.2 Å². The van der Waals surface area contributed by atoms with E-state index in [9.17, 15) is 14.4 Å². The molecule has 2 aliphatic rings. The van der Waals surface area contributed by atoms with E-state index >= 15 is 0 Å². The van der Waals surface area contributed by atoms with Crippen molar-refractivity contribution in [2.45, 2.75) is 56.3 Å². The highest BCUT2D eigenvalue weighted by Gasteiger charge is 2.48. The fourth-order valence-corrected chi connectivity index (χ4v) is 6.04. The zero-order valence-electron chi connectivity index (χ0n) is 16.2. The molecule has 0 bridgehead atoms. The van der Waals surface area contributed by atoms with Crippen molar-refractivity contribution >= 4 is 27.5 Å². The van der Waals surface area contributed by atoms with Gasteiger partial charge in [-0.1, -0.05) is 18.2 Å². The van der Waals surface area contributed by atoms with Crippen molar-refractivity contribution in [3.8, 4) is 0 Å². The van der Waals surface area contributed by atoms with Crippen molar-refractivity contribution < 1.29 is 14.4 Å². The van der Waals surface area contributed by atoms with Crippen molar-refractivity contribution in [2.24, 2.45) is 0 Å². The summed E-state index contributed by atoms with van der Waals surface area (Å²) in [5.74, 6) is 0.0309. The highest BCUT2D eigenvalue weighted by atomic mass is 32.1. The minimum absolute atomic E-state index is 0.172. The second kappa shape index (κ2) is 6.89. The Hall–Kier alpha value is -2.31. The normalized spacial score (nSPS) is 24.2. The average Bonchev–Trinajstić information content (AvgIpc) is 3.34. The third kappa shape index (κ3) is 3.06. The second-order valence-electron chi connectivity index (χ2n) is 8.43. The van der Waals surface area contributed by atoms with E-state index in [0.717, 1.165) is 11.9 Å². The first-order valence-corrected chi connectivity index (χ1v) is 10.9. The third-order valence-corrected chi connectivity index (χ3v) is 7.84. The van der Waals surface area contributed by atoms with Crippen LogP contribution in [0.2, 0.25) is 0 Å². The van der Waals surface area contributed by atoms with Crippen molar-refractivity contribution in [3.63, 3.8) is 0 Å². The summed E-state index contributed by atoms with van der Waals surface area (Å²) < 4.78 is 15.4. The monoisotopic (exact) mass is 410 g/mol. The first-order valence-electron chi connectivity index (χ1n) is 10.1. The number of aromatic nitrogens is 1. The molecule has 1 amide bonds. The summed E-state index contributed by atoms with van der Waals surface area (Å²) in [5.41, 5.74) is 4.29. The Morgan fingerprint density at radius 2 is 2.07 bits per heavy atom. The molecule has 0 spiro atoms. The standard InChI is InChI=1S/C23H23FN2O2S/c1-13-17(3-2-4-18(13)24)23(22(27)26-28)10-9-16(12-23)15-7-8-19-20(11-15)29-21(25-19)14-5-6-14/h2-4,7-8,11,14,16,28H,5-6,9-10,12H2,1H3,(H,26,27)/t16-,23+/m1/s1. The maximum Gasteiger partial charge on any atom is 0.254 e. The van der Waals surface area contributed by atoms with Crippen LogP contribution in [0.1, 0.15) is 65.6 Å². The van der Waals surface area contributed by atoms with Crippen LogP contribution in [-0.2, 0) is 10.2 Å². The molecule has 2 saturated carbocycles. The average molecular weight is 411 g/mol. The van der Waals surface area contributed by atoms with Crippen LogP contribution in [0.25, 0.3) is 10.2 Å². The van der Waals surface area contributed by atoms with Gasteiger partial charge in [0.2, 0.25) is 0 Å². The molecule has 29 heavy (non-hydrogen) atoms. The predicted molar refractivity (Wildman–Crippen MR) is 111 cm³/mol. The number of rotatable bonds is 4. The molecular formula is C23H23FN2O2S. The molecule has 2 aromatic carbocycles. The fourth-order valence-electron chi connectivity index (χ4n) is 4.85. The van der Waals surface area contributed by atoms with Crippen LogP contribution in [0, 0.1) is 12.7 Å². The Kier molecular flexibility index (Phi) is 4.44. The van der Waals surface area contributed by atoms with Crippen molar-refractivity contribution in [1.82, 2.24) is 10.5 Å². The Morgan fingerprint density at radius 3 is 2.83 bits per heavy atom. The van der Waals surface area contributed by atoms with Gasteiger partial charge in [-0.05, 0) is 79.8 Å². The van der Waals surface area contributed by atoms with E-state index in [-0.39, 0.29) is 11.7 Å². The van der Waals surface area contributed by atoms with E-state index < -0.39 is 11.3 Å². The first-order chi connectivity index (χ1) is 14.0. The number of amides is 1. The predicted octanol–water partition coefficient (Wildman–Crippen LogP) is 5.33. The quantitative estimate of drug-likeness (QED) is 0.451. The Morgan fingerprint density at radius 1 is 1.24 bits per heavy atom. The maximum atomic E-state index is 14.2. The zero-order valence-corrected chi connectivity index (χ0v) is 17.1. The van der Waals surface area contributed by atoms with Gasteiger partial charge in [0, 0.05) is 5.92 Å². The number of nitrogens with zero attached hydrogens (tertiary/aromatic N) is 1. The number of halogens is 1. The lowest BCUT2D eigenvalue weighted by Crippen LogP contribution is -2.42. The van der Waals surface area contributed by atoms with Crippen LogP contribution in [0.4, 0.5) is 4.39 Å². The van der Waals surface area contributed by atoms with Gasteiger partial charge in [0.25, 0.3) is 5.91 Å². The van der Waals surface area contributed by atoms with Gasteiger partial charge in [0.1, 0.15) is 5.82 Å². The van der Waals surface area contributed by atoms with Gasteiger partial charge in [0.05, 0.1) is 20.6 Å². The van der Waals surface area contributed by atoms with Gasteiger partial charge in [-0.2, -0.15) is 0 Å². The number of thiazole rings is 1. The van der Waals surface area contributed by atoms with Crippen molar-refractivity contribution in [3.05, 3.63) is 63.9 Å². The lowest BCUT2D eigenvalue weighted by molar-refractivity contribution is -0.135. The molecule has 2 N–H and O–H groups in total. The molecule has 0 unspecified atom stereocenters. The molecule has 1 aromatic heterocycles. The Balaban J connectivity index is 1.51. The molecule has 4 nitrogen and oxygen atoms in total. The zero-order chi connectivity index (χ0) is 20.2. The SMILES string of the molecule is Cc1c(F)cccc1[C@]1(C(=O)NO)CC[C@@H](c2ccc3nc(C4CC4)sc3c2)C1. The van der Waals surface area contributed by atoms with E-state index in [1.54, 1.807) is 24.3 Å². The number of hydrogen-bond acceptors (Lipinski definition) is 4. The molecule has 3 aromatic rings. The maximum absolute atomic E-state index is 14.2. The highest BCUT2D eigenvalue weighted by Crippen LogP contribution is 2.50. The number of nitrogens with one attached hydrogen (secondary N) is 1. The Labute approximate surface area is 172 Å². The second-order valence-corrected chi connectivity index (χ2v) is 9.49. The molecule has 0 radical (unpaired) electrons. The minimum atomic E-state index is -0.923. The van der Waals surface area contributed by atoms with E-state index in [0.29, 0.717) is 29.9 Å². The van der Waals surface area contributed by atoms with Crippen LogP contribution in [0.15, 0.2) is 36.4 Å². The molecule has 2 aliphatic carbocycles. The fraction of sp³-hybridized carbons (Fsp3) is 0.391. The van der Waals surface area contributed by atoms with Crippen LogP contribution < -0.4 is 5.48 Å². The molecule has 6 heteroatoms. The van der Waals surface area contributed by atoms with Gasteiger partial charge in [-0.3, -0.25) is 10.0 Å². The molecule has 2 fully saturated rings. The van der Waals surface area contributed by atoms with Crippen molar-refractivity contribution in [1.29, 1.82) is 0 Å². The van der Waals surface area contributed by atoms with Crippen LogP contribution in [-0.4, -0.2) is 16.1 Å². The van der Waals surface area contributed by atoms with Gasteiger partial charge in [-0.15, -0.1) is 11.3 Å². The highest BCUT2D eigenvalue weighted by molar-refractivity contribution is 7.18. The summed E-state index contributed by atoms with van der Waals surface area (Å²) in [4.78, 5) is 17.5. The number of hydrogen-bond donors (Lipinski definition) is 2. The minimum Gasteiger partial charge on any atom is -0.289 e. The molecule has 2 atom stereocenters. The molecule has 5 rings (SSSR count). The Bertz CT molecular complexity index is 1110. The molecule has 150 valence electrons. The van der Waals surface area contributed by atoms with Gasteiger partial charge in [0.15, 0.2) is 0 Å². The summed E-state index contributed by atoms with van der Waals surface area (Å²) >= 11 is 1.77.